The Balaban J connectivity index is 0.000000753. The first-order valence-electron chi connectivity index (χ1n) is 8.40. The predicted molar refractivity (Wildman–Crippen MR) is 88.1 cm³/mol. The van der Waals surface area contributed by atoms with Gasteiger partial charge in [0.15, 0.2) is 0 Å². The number of benzene rings is 1. The summed E-state index contributed by atoms with van der Waals surface area (Å²) in [5.41, 5.74) is 3.16. The van der Waals surface area contributed by atoms with Gasteiger partial charge in [0.05, 0.1) is 5.69 Å². The van der Waals surface area contributed by atoms with Crippen LogP contribution in [0.25, 0.3) is 0 Å². The summed E-state index contributed by atoms with van der Waals surface area (Å²) in [6, 6.07) is 8.63. The molecule has 1 aromatic heterocycles. The van der Waals surface area contributed by atoms with E-state index >= 15 is 0 Å². The van der Waals surface area contributed by atoms with Crippen LogP contribution in [0.4, 0.5) is 4.39 Å². The summed E-state index contributed by atoms with van der Waals surface area (Å²) >= 11 is 0. The van der Waals surface area contributed by atoms with Crippen LogP contribution in [0.5, 0.6) is 5.88 Å². The van der Waals surface area contributed by atoms with Gasteiger partial charge in [0.1, 0.15) is 12.4 Å². The van der Waals surface area contributed by atoms with Crippen molar-refractivity contribution < 1.29 is 9.13 Å². The third-order valence-corrected chi connectivity index (χ3v) is 4.89. The lowest BCUT2D eigenvalue weighted by atomic mass is 9.85. The molecular weight excluding hydrogens is 291 g/mol. The van der Waals surface area contributed by atoms with Crippen molar-refractivity contribution in [3.05, 3.63) is 53.0 Å². The highest BCUT2D eigenvalue weighted by molar-refractivity contribution is 5.41. The van der Waals surface area contributed by atoms with Crippen molar-refractivity contribution >= 4 is 0 Å². The fourth-order valence-corrected chi connectivity index (χ4v) is 3.73. The summed E-state index contributed by atoms with van der Waals surface area (Å²) < 4.78 is 19.2. The van der Waals surface area contributed by atoms with Crippen molar-refractivity contribution in [3.8, 4) is 5.88 Å². The summed E-state index contributed by atoms with van der Waals surface area (Å²) in [5.74, 6) is 0.836. The minimum Gasteiger partial charge on any atom is -0.472 e. The van der Waals surface area contributed by atoms with Gasteiger partial charge in [0, 0.05) is 17.0 Å². The van der Waals surface area contributed by atoms with E-state index in [2.05, 4.69) is 17.1 Å². The number of aromatic nitrogens is 2. The minimum absolute atomic E-state index is 0.183. The number of hydrogen-bond acceptors (Lipinski definition) is 3. The molecule has 0 spiro atoms. The molecule has 1 aromatic carbocycles. The zero-order chi connectivity index (χ0) is 16.4. The van der Waals surface area contributed by atoms with E-state index in [1.165, 1.54) is 30.9 Å². The van der Waals surface area contributed by atoms with E-state index in [0.717, 1.165) is 5.69 Å². The Labute approximate surface area is 136 Å². The normalized spacial score (nSPS) is 23.9. The third kappa shape index (κ3) is 2.82. The lowest BCUT2D eigenvalue weighted by Crippen LogP contribution is -2.18. The number of ether oxygens (including phenoxy) is 1. The Kier molecular flexibility index (Phi) is 4.33. The van der Waals surface area contributed by atoms with Crippen molar-refractivity contribution in [1.82, 2.24) is 10.2 Å². The molecule has 2 bridgehead atoms. The molecular formula is C19H23FN2O. The van der Waals surface area contributed by atoms with Gasteiger partial charge in [-0.1, -0.05) is 39.0 Å². The fraction of sp³-hybridized carbons (Fsp3) is 0.474. The van der Waals surface area contributed by atoms with Gasteiger partial charge in [-0.05, 0) is 36.8 Å². The second kappa shape index (κ2) is 6.26. The predicted octanol–water partition coefficient (Wildman–Crippen LogP) is 4.76. The summed E-state index contributed by atoms with van der Waals surface area (Å²) in [7, 11) is 0. The lowest BCUT2D eigenvalue weighted by Gasteiger charge is -2.22. The van der Waals surface area contributed by atoms with Crippen LogP contribution in [0.15, 0.2) is 30.3 Å². The van der Waals surface area contributed by atoms with Crippen molar-refractivity contribution in [2.75, 3.05) is 0 Å². The standard InChI is InChI=1S/C17H17FN2O.C2H6/c1-17-7-6-11(9-17)13-8-15(19-20-16(13)17)21-10-12-4-2-3-5-14(12)18;1-2/h2-5,8,11H,6-7,9-10H2,1H3;1-2H3/t11-,17+;/m1./s1. The Morgan fingerprint density at radius 1 is 1.26 bits per heavy atom. The molecule has 0 N–H and O–H groups in total. The molecule has 4 heteroatoms. The van der Waals surface area contributed by atoms with Gasteiger partial charge >= 0.3 is 0 Å². The largest absolute Gasteiger partial charge is 0.472 e. The van der Waals surface area contributed by atoms with Crippen LogP contribution in [-0.4, -0.2) is 10.2 Å². The van der Waals surface area contributed by atoms with Gasteiger partial charge in [0.2, 0.25) is 5.88 Å². The number of rotatable bonds is 3. The van der Waals surface area contributed by atoms with E-state index in [1.807, 2.05) is 19.9 Å². The van der Waals surface area contributed by atoms with Crippen LogP contribution in [0.2, 0.25) is 0 Å². The first-order valence-corrected chi connectivity index (χ1v) is 8.40. The molecule has 23 heavy (non-hydrogen) atoms. The zero-order valence-electron chi connectivity index (χ0n) is 14.0. The molecule has 0 amide bonds. The van der Waals surface area contributed by atoms with Gasteiger partial charge in [-0.25, -0.2) is 4.39 Å². The monoisotopic (exact) mass is 314 g/mol. The summed E-state index contributed by atoms with van der Waals surface area (Å²) in [6.07, 6.45) is 3.60. The molecule has 1 saturated carbocycles. The van der Waals surface area contributed by atoms with E-state index < -0.39 is 0 Å². The molecule has 122 valence electrons. The van der Waals surface area contributed by atoms with Crippen molar-refractivity contribution in [3.63, 3.8) is 0 Å². The molecule has 2 aromatic rings. The van der Waals surface area contributed by atoms with Gasteiger partial charge in [0.25, 0.3) is 0 Å². The smallest absolute Gasteiger partial charge is 0.234 e. The van der Waals surface area contributed by atoms with Crippen LogP contribution in [-0.2, 0) is 12.0 Å². The van der Waals surface area contributed by atoms with E-state index in [-0.39, 0.29) is 17.8 Å². The molecule has 0 unspecified atom stereocenters. The van der Waals surface area contributed by atoms with Crippen LogP contribution < -0.4 is 4.74 Å². The van der Waals surface area contributed by atoms with Crippen molar-refractivity contribution in [2.24, 2.45) is 0 Å². The van der Waals surface area contributed by atoms with Gasteiger partial charge < -0.3 is 4.74 Å². The average Bonchev–Trinajstić information content (AvgIpc) is 3.10. The number of hydrogen-bond donors (Lipinski definition) is 0. The second-order valence-corrected chi connectivity index (χ2v) is 6.37. The fourth-order valence-electron chi connectivity index (χ4n) is 3.73. The highest BCUT2D eigenvalue weighted by Crippen LogP contribution is 2.56. The van der Waals surface area contributed by atoms with Crippen LogP contribution >= 0.6 is 0 Å². The highest BCUT2D eigenvalue weighted by Gasteiger charge is 2.47. The molecule has 3 nitrogen and oxygen atoms in total. The first-order chi connectivity index (χ1) is 11.2. The topological polar surface area (TPSA) is 35.0 Å². The summed E-state index contributed by atoms with van der Waals surface area (Å²) in [4.78, 5) is 0. The maximum absolute atomic E-state index is 13.6. The molecule has 1 heterocycles. The lowest BCUT2D eigenvalue weighted by molar-refractivity contribution is 0.283. The molecule has 2 aliphatic rings. The van der Waals surface area contributed by atoms with E-state index in [0.29, 0.717) is 17.4 Å². The molecule has 0 aliphatic heterocycles. The number of nitrogens with zero attached hydrogens (tertiary/aromatic N) is 2. The second-order valence-electron chi connectivity index (χ2n) is 6.37. The van der Waals surface area contributed by atoms with E-state index in [9.17, 15) is 4.39 Å². The van der Waals surface area contributed by atoms with Crippen molar-refractivity contribution in [1.29, 1.82) is 0 Å². The molecule has 0 saturated heterocycles. The average molecular weight is 314 g/mol. The van der Waals surface area contributed by atoms with Gasteiger partial charge in [-0.3, -0.25) is 0 Å². The number of fused-ring (bicyclic) bond motifs is 5. The van der Waals surface area contributed by atoms with Crippen LogP contribution in [0.1, 0.15) is 62.8 Å². The zero-order valence-corrected chi connectivity index (χ0v) is 14.0. The molecule has 4 rings (SSSR count). The Bertz CT molecular complexity index is 704. The quantitative estimate of drug-likeness (QED) is 0.819. The Morgan fingerprint density at radius 2 is 2.04 bits per heavy atom. The summed E-state index contributed by atoms with van der Waals surface area (Å²) in [6.45, 7) is 6.45. The highest BCUT2D eigenvalue weighted by atomic mass is 19.1. The molecule has 1 fully saturated rings. The molecule has 0 radical (unpaired) electrons. The summed E-state index contributed by atoms with van der Waals surface area (Å²) in [5, 5.41) is 8.54. The maximum Gasteiger partial charge on any atom is 0.234 e. The maximum atomic E-state index is 13.6. The van der Waals surface area contributed by atoms with E-state index in [4.69, 9.17) is 4.74 Å². The van der Waals surface area contributed by atoms with Crippen LogP contribution in [0, 0.1) is 5.82 Å². The third-order valence-electron chi connectivity index (χ3n) is 4.89. The van der Waals surface area contributed by atoms with E-state index in [1.54, 1.807) is 18.2 Å². The van der Waals surface area contributed by atoms with Gasteiger partial charge in [-0.2, -0.15) is 5.10 Å². The minimum atomic E-state index is -0.252. The molecule has 2 atom stereocenters. The SMILES string of the molecule is CC.C[C@]12CC[C@H](C1)c1cc(OCc3ccccc3F)nnc12. The Hall–Kier alpha value is -1.97. The van der Waals surface area contributed by atoms with Crippen molar-refractivity contribution in [2.45, 2.75) is 58.0 Å². The Morgan fingerprint density at radius 3 is 2.83 bits per heavy atom. The molecule has 2 aliphatic carbocycles. The van der Waals surface area contributed by atoms with Crippen LogP contribution in [0.3, 0.4) is 0 Å². The number of halogens is 1. The van der Waals surface area contributed by atoms with Gasteiger partial charge in [-0.15, -0.1) is 5.10 Å². The first kappa shape index (κ1) is 15.9.